The highest BCUT2D eigenvalue weighted by Crippen LogP contribution is 2.23. The molecule has 18 heavy (non-hydrogen) atoms. The SMILES string of the molecule is CC1=C(c2ccc3nnn(O)c3c2)NNC(=O)C1. The molecule has 0 saturated carbocycles. The molecule has 7 nitrogen and oxygen atoms in total. The van der Waals surface area contributed by atoms with E-state index in [1.165, 1.54) is 0 Å². The van der Waals surface area contributed by atoms with Gasteiger partial charge in [-0.25, -0.2) is 0 Å². The first-order chi connectivity index (χ1) is 8.65. The number of amides is 1. The van der Waals surface area contributed by atoms with Gasteiger partial charge in [0.15, 0.2) is 0 Å². The summed E-state index contributed by atoms with van der Waals surface area (Å²) in [5.74, 6) is -0.0637. The zero-order chi connectivity index (χ0) is 12.7. The van der Waals surface area contributed by atoms with Crippen LogP contribution in [0.25, 0.3) is 16.7 Å². The Kier molecular flexibility index (Phi) is 2.19. The minimum Gasteiger partial charge on any atom is -0.410 e. The molecule has 2 aromatic rings. The lowest BCUT2D eigenvalue weighted by atomic mass is 10.0. The Morgan fingerprint density at radius 1 is 1.39 bits per heavy atom. The molecule has 1 amide bonds. The molecule has 1 aliphatic heterocycles. The van der Waals surface area contributed by atoms with E-state index < -0.39 is 0 Å². The quantitative estimate of drug-likeness (QED) is 0.633. The number of hydrazine groups is 1. The van der Waals surface area contributed by atoms with Crippen molar-refractivity contribution in [2.24, 2.45) is 0 Å². The molecule has 1 aromatic heterocycles. The first kappa shape index (κ1) is 10.6. The van der Waals surface area contributed by atoms with E-state index in [0.29, 0.717) is 17.5 Å². The second-order valence-electron chi connectivity index (χ2n) is 4.19. The molecular formula is C11H11N5O2. The maximum atomic E-state index is 11.2. The molecule has 0 spiro atoms. The number of carbonyl (C=O) groups excluding carboxylic acids is 1. The Hall–Kier alpha value is -2.57. The Balaban J connectivity index is 2.11. The molecular weight excluding hydrogens is 234 g/mol. The van der Waals surface area contributed by atoms with Gasteiger partial charge in [0, 0.05) is 5.56 Å². The predicted molar refractivity (Wildman–Crippen MR) is 63.2 cm³/mol. The van der Waals surface area contributed by atoms with Crippen molar-refractivity contribution in [2.75, 3.05) is 0 Å². The van der Waals surface area contributed by atoms with Crippen LogP contribution in [0.5, 0.6) is 0 Å². The van der Waals surface area contributed by atoms with Crippen LogP contribution in [0, 0.1) is 0 Å². The first-order valence-corrected chi connectivity index (χ1v) is 5.45. The molecule has 0 saturated heterocycles. The van der Waals surface area contributed by atoms with Crippen LogP contribution in [0.15, 0.2) is 23.8 Å². The normalized spacial score (nSPS) is 15.7. The van der Waals surface area contributed by atoms with Crippen molar-refractivity contribution >= 4 is 22.6 Å². The summed E-state index contributed by atoms with van der Waals surface area (Å²) in [6.45, 7) is 1.89. The van der Waals surface area contributed by atoms with Gasteiger partial charge in [0.05, 0.1) is 12.1 Å². The third kappa shape index (κ3) is 1.56. The maximum absolute atomic E-state index is 11.2. The number of fused-ring (bicyclic) bond motifs is 1. The molecule has 0 bridgehead atoms. The van der Waals surface area contributed by atoms with E-state index in [9.17, 15) is 10.0 Å². The van der Waals surface area contributed by atoms with Gasteiger partial charge >= 0.3 is 0 Å². The van der Waals surface area contributed by atoms with Crippen LogP contribution < -0.4 is 10.9 Å². The summed E-state index contributed by atoms with van der Waals surface area (Å²) in [6, 6.07) is 5.39. The highest BCUT2D eigenvalue weighted by atomic mass is 16.5. The fourth-order valence-electron chi connectivity index (χ4n) is 1.99. The molecule has 0 fully saturated rings. The van der Waals surface area contributed by atoms with E-state index in [1.807, 2.05) is 13.0 Å². The van der Waals surface area contributed by atoms with Crippen molar-refractivity contribution in [1.29, 1.82) is 0 Å². The monoisotopic (exact) mass is 245 g/mol. The third-order valence-electron chi connectivity index (χ3n) is 2.90. The number of hydrogen-bond acceptors (Lipinski definition) is 5. The van der Waals surface area contributed by atoms with Crippen LogP contribution >= 0.6 is 0 Å². The van der Waals surface area contributed by atoms with Crippen molar-refractivity contribution in [1.82, 2.24) is 26.0 Å². The summed E-state index contributed by atoms with van der Waals surface area (Å²) >= 11 is 0. The highest BCUT2D eigenvalue weighted by molar-refractivity contribution is 5.87. The van der Waals surface area contributed by atoms with Crippen LogP contribution in [0.4, 0.5) is 0 Å². The second kappa shape index (κ2) is 3.73. The smallest absolute Gasteiger partial charge is 0.242 e. The van der Waals surface area contributed by atoms with Crippen molar-refractivity contribution in [2.45, 2.75) is 13.3 Å². The predicted octanol–water partition coefficient (Wildman–Crippen LogP) is 0.424. The van der Waals surface area contributed by atoms with Crippen molar-refractivity contribution in [3.8, 4) is 0 Å². The fraction of sp³-hybridized carbons (Fsp3) is 0.182. The van der Waals surface area contributed by atoms with Crippen LogP contribution in [0.2, 0.25) is 0 Å². The van der Waals surface area contributed by atoms with E-state index in [4.69, 9.17) is 0 Å². The maximum Gasteiger partial charge on any atom is 0.242 e. The van der Waals surface area contributed by atoms with Crippen molar-refractivity contribution < 1.29 is 10.0 Å². The summed E-state index contributed by atoms with van der Waals surface area (Å²) in [5.41, 5.74) is 9.19. The standard InChI is InChI=1S/C11H11N5O2/c1-6-4-10(17)13-14-11(6)7-2-3-8-9(5-7)16(18)15-12-8/h2-3,5,14,18H,4H2,1H3,(H,13,17). The lowest BCUT2D eigenvalue weighted by molar-refractivity contribution is -0.121. The molecule has 7 heteroatoms. The minimum atomic E-state index is -0.0637. The topological polar surface area (TPSA) is 92.1 Å². The lowest BCUT2D eigenvalue weighted by Crippen LogP contribution is -2.40. The van der Waals surface area contributed by atoms with Gasteiger partial charge in [0.25, 0.3) is 0 Å². The zero-order valence-electron chi connectivity index (χ0n) is 9.64. The van der Waals surface area contributed by atoms with Gasteiger partial charge in [0.2, 0.25) is 5.91 Å². The summed E-state index contributed by atoms with van der Waals surface area (Å²) in [4.78, 5) is 11.9. The van der Waals surface area contributed by atoms with Gasteiger partial charge in [-0.05, 0) is 29.8 Å². The number of benzene rings is 1. The Morgan fingerprint density at radius 3 is 3.00 bits per heavy atom. The van der Waals surface area contributed by atoms with E-state index in [2.05, 4.69) is 21.2 Å². The second-order valence-corrected chi connectivity index (χ2v) is 4.19. The number of aromatic nitrogens is 3. The van der Waals surface area contributed by atoms with Gasteiger partial charge in [-0.2, -0.15) is 0 Å². The first-order valence-electron chi connectivity index (χ1n) is 5.45. The number of rotatable bonds is 1. The summed E-state index contributed by atoms with van der Waals surface area (Å²) < 4.78 is 0. The van der Waals surface area contributed by atoms with Crippen LogP contribution in [-0.4, -0.2) is 26.3 Å². The third-order valence-corrected chi connectivity index (χ3v) is 2.90. The zero-order valence-corrected chi connectivity index (χ0v) is 9.64. The van der Waals surface area contributed by atoms with Crippen molar-refractivity contribution in [3.63, 3.8) is 0 Å². The van der Waals surface area contributed by atoms with E-state index in [1.54, 1.807) is 12.1 Å². The average Bonchev–Trinajstić information content (AvgIpc) is 2.71. The molecule has 92 valence electrons. The molecule has 0 aliphatic carbocycles. The minimum absolute atomic E-state index is 0.0637. The summed E-state index contributed by atoms with van der Waals surface area (Å²) in [7, 11) is 0. The number of hydrogen-bond donors (Lipinski definition) is 3. The Morgan fingerprint density at radius 2 is 2.22 bits per heavy atom. The molecule has 0 unspecified atom stereocenters. The molecule has 2 heterocycles. The number of carbonyl (C=O) groups is 1. The van der Waals surface area contributed by atoms with Gasteiger partial charge in [-0.3, -0.25) is 15.6 Å². The van der Waals surface area contributed by atoms with E-state index in [0.717, 1.165) is 21.7 Å². The van der Waals surface area contributed by atoms with Gasteiger partial charge in [-0.15, -0.1) is 5.10 Å². The van der Waals surface area contributed by atoms with E-state index >= 15 is 0 Å². The molecule has 3 rings (SSSR count). The molecule has 1 aliphatic rings. The fourth-order valence-corrected chi connectivity index (χ4v) is 1.99. The average molecular weight is 245 g/mol. The van der Waals surface area contributed by atoms with Crippen LogP contribution in [-0.2, 0) is 4.79 Å². The van der Waals surface area contributed by atoms with Crippen molar-refractivity contribution in [3.05, 3.63) is 29.3 Å². The molecule has 3 N–H and O–H groups in total. The van der Waals surface area contributed by atoms with Crippen LogP contribution in [0.1, 0.15) is 18.9 Å². The van der Waals surface area contributed by atoms with E-state index in [-0.39, 0.29) is 5.91 Å². The lowest BCUT2D eigenvalue weighted by Gasteiger charge is -2.20. The summed E-state index contributed by atoms with van der Waals surface area (Å²) in [5, 5.41) is 16.8. The molecule has 0 radical (unpaired) electrons. The van der Waals surface area contributed by atoms with Gasteiger partial charge < -0.3 is 5.21 Å². The summed E-state index contributed by atoms with van der Waals surface area (Å²) in [6.07, 6.45) is 0.358. The molecule has 1 aromatic carbocycles. The molecule has 0 atom stereocenters. The largest absolute Gasteiger partial charge is 0.410 e. The van der Waals surface area contributed by atoms with Gasteiger partial charge in [0.1, 0.15) is 11.0 Å². The Bertz CT molecular complexity index is 673. The van der Waals surface area contributed by atoms with Gasteiger partial charge in [-0.1, -0.05) is 10.9 Å². The Labute approximate surface area is 102 Å². The highest BCUT2D eigenvalue weighted by Gasteiger charge is 2.16. The number of nitrogens with one attached hydrogen (secondary N) is 2. The van der Waals surface area contributed by atoms with Crippen LogP contribution in [0.3, 0.4) is 0 Å². The number of nitrogens with zero attached hydrogens (tertiary/aromatic N) is 3.